The molecule has 1 aromatic rings. The minimum Gasteiger partial charge on any atom is -0.417 e. The lowest BCUT2D eigenvalue weighted by Gasteiger charge is -2.32. The van der Waals surface area contributed by atoms with Gasteiger partial charge in [0.05, 0.1) is 18.4 Å². The SMILES string of the molecule is CSc1cccc(COCCC(O[SiH](C)C)C(C)(C)C)c1N. The van der Waals surface area contributed by atoms with E-state index in [9.17, 15) is 0 Å². The number of ether oxygens (including phenoxy) is 1. The average Bonchev–Trinajstić information content (AvgIpc) is 2.42. The molecule has 0 aliphatic rings. The van der Waals surface area contributed by atoms with Gasteiger partial charge in [-0.2, -0.15) is 0 Å². The quantitative estimate of drug-likeness (QED) is 0.331. The molecule has 3 nitrogen and oxygen atoms in total. The van der Waals surface area contributed by atoms with Gasteiger partial charge in [-0.1, -0.05) is 32.9 Å². The third-order valence-electron chi connectivity index (χ3n) is 3.56. The van der Waals surface area contributed by atoms with Crippen molar-refractivity contribution in [2.45, 2.75) is 57.9 Å². The van der Waals surface area contributed by atoms with Crippen LogP contribution in [0.4, 0.5) is 5.69 Å². The Kier molecular flexibility index (Phi) is 7.97. The Hall–Kier alpha value is -0.493. The van der Waals surface area contributed by atoms with E-state index in [0.717, 1.165) is 22.6 Å². The predicted molar refractivity (Wildman–Crippen MR) is 100 cm³/mol. The summed E-state index contributed by atoms with van der Waals surface area (Å²) in [7, 11) is -1.04. The second kappa shape index (κ2) is 8.96. The molecule has 0 fully saturated rings. The van der Waals surface area contributed by atoms with Gasteiger partial charge in [-0.3, -0.25) is 0 Å². The third kappa shape index (κ3) is 6.32. The molecular formula is C17H31NO2SSi. The van der Waals surface area contributed by atoms with Gasteiger partial charge in [-0.15, -0.1) is 11.8 Å². The molecule has 0 spiro atoms. The van der Waals surface area contributed by atoms with Gasteiger partial charge in [0.2, 0.25) is 0 Å². The van der Waals surface area contributed by atoms with E-state index in [1.165, 1.54) is 0 Å². The first-order valence-electron chi connectivity index (χ1n) is 7.90. The minimum atomic E-state index is -1.04. The van der Waals surface area contributed by atoms with Gasteiger partial charge in [0, 0.05) is 17.1 Å². The molecule has 0 aromatic heterocycles. The van der Waals surface area contributed by atoms with Gasteiger partial charge in [0.25, 0.3) is 0 Å². The van der Waals surface area contributed by atoms with E-state index < -0.39 is 9.04 Å². The summed E-state index contributed by atoms with van der Waals surface area (Å²) in [5.41, 5.74) is 8.21. The zero-order chi connectivity index (χ0) is 16.8. The van der Waals surface area contributed by atoms with Crippen LogP contribution < -0.4 is 5.73 Å². The van der Waals surface area contributed by atoms with Crippen LogP contribution >= 0.6 is 11.8 Å². The fraction of sp³-hybridized carbons (Fsp3) is 0.647. The average molecular weight is 342 g/mol. The molecule has 0 bridgehead atoms. The van der Waals surface area contributed by atoms with Gasteiger partial charge in [0.15, 0.2) is 9.04 Å². The Morgan fingerprint density at radius 1 is 1.27 bits per heavy atom. The predicted octanol–water partition coefficient (Wildman–Crippen LogP) is 4.31. The van der Waals surface area contributed by atoms with Crippen LogP contribution in [-0.4, -0.2) is 28.0 Å². The molecule has 0 aliphatic carbocycles. The normalized spacial score (nSPS) is 13.6. The summed E-state index contributed by atoms with van der Waals surface area (Å²) in [5, 5.41) is 0. The maximum Gasteiger partial charge on any atom is 0.171 e. The number of hydrogen-bond acceptors (Lipinski definition) is 4. The number of hydrogen-bond donors (Lipinski definition) is 1. The minimum absolute atomic E-state index is 0.151. The van der Waals surface area contributed by atoms with E-state index in [1.54, 1.807) is 11.8 Å². The number of para-hydroxylation sites is 1. The smallest absolute Gasteiger partial charge is 0.171 e. The van der Waals surface area contributed by atoms with Crippen molar-refractivity contribution in [2.24, 2.45) is 5.41 Å². The summed E-state index contributed by atoms with van der Waals surface area (Å²) >= 11 is 1.67. The first-order valence-corrected chi connectivity index (χ1v) is 11.9. The maximum atomic E-state index is 6.16. The van der Waals surface area contributed by atoms with Crippen LogP contribution in [0.3, 0.4) is 0 Å². The van der Waals surface area contributed by atoms with Crippen molar-refractivity contribution in [3.8, 4) is 0 Å². The largest absolute Gasteiger partial charge is 0.417 e. The van der Waals surface area contributed by atoms with Crippen LogP contribution in [0.2, 0.25) is 13.1 Å². The molecule has 1 aromatic carbocycles. The Morgan fingerprint density at radius 3 is 2.50 bits per heavy atom. The number of rotatable bonds is 8. The third-order valence-corrected chi connectivity index (χ3v) is 5.23. The van der Waals surface area contributed by atoms with E-state index >= 15 is 0 Å². The molecule has 126 valence electrons. The van der Waals surface area contributed by atoms with Crippen molar-refractivity contribution in [2.75, 3.05) is 18.6 Å². The fourth-order valence-corrected chi connectivity index (χ4v) is 4.07. The second-order valence-corrected chi connectivity index (χ2v) is 10.1. The lowest BCUT2D eigenvalue weighted by atomic mass is 9.87. The summed E-state index contributed by atoms with van der Waals surface area (Å²) in [6, 6.07) is 6.11. The standard InChI is InChI=1S/C17H31NO2SSi/c1-17(2,3)15(20-22(5)6)10-11-19-12-13-8-7-9-14(21-4)16(13)18/h7-9,15,22H,10-12,18H2,1-6H3. The molecule has 0 saturated heterocycles. The van der Waals surface area contributed by atoms with E-state index in [1.807, 2.05) is 24.5 Å². The summed E-state index contributed by atoms with van der Waals surface area (Å²) in [6.07, 6.45) is 3.22. The molecule has 22 heavy (non-hydrogen) atoms. The van der Waals surface area contributed by atoms with E-state index in [2.05, 4.69) is 33.9 Å². The molecule has 1 rings (SSSR count). The van der Waals surface area contributed by atoms with Crippen molar-refractivity contribution in [1.29, 1.82) is 0 Å². The molecule has 0 aliphatic heterocycles. The van der Waals surface area contributed by atoms with Crippen molar-refractivity contribution in [3.63, 3.8) is 0 Å². The van der Waals surface area contributed by atoms with Crippen LogP contribution in [0, 0.1) is 5.41 Å². The molecule has 1 unspecified atom stereocenters. The first-order chi connectivity index (χ1) is 10.3. The molecule has 0 amide bonds. The molecule has 2 N–H and O–H groups in total. The molecular weight excluding hydrogens is 310 g/mol. The highest BCUT2D eigenvalue weighted by Crippen LogP contribution is 2.27. The van der Waals surface area contributed by atoms with E-state index in [4.69, 9.17) is 14.9 Å². The maximum absolute atomic E-state index is 6.16. The number of nitrogen functional groups attached to an aromatic ring is 1. The van der Waals surface area contributed by atoms with Crippen LogP contribution in [0.1, 0.15) is 32.8 Å². The number of anilines is 1. The van der Waals surface area contributed by atoms with Gasteiger partial charge in [-0.25, -0.2) is 0 Å². The molecule has 5 heteroatoms. The van der Waals surface area contributed by atoms with E-state index in [-0.39, 0.29) is 11.5 Å². The van der Waals surface area contributed by atoms with Gasteiger partial charge >= 0.3 is 0 Å². The van der Waals surface area contributed by atoms with Crippen molar-refractivity contribution in [1.82, 2.24) is 0 Å². The van der Waals surface area contributed by atoms with Gasteiger partial charge in [-0.05, 0) is 37.3 Å². The zero-order valence-corrected chi connectivity index (χ0v) is 16.8. The lowest BCUT2D eigenvalue weighted by Crippen LogP contribution is -2.34. The topological polar surface area (TPSA) is 44.5 Å². The lowest BCUT2D eigenvalue weighted by molar-refractivity contribution is 0.0340. The zero-order valence-electron chi connectivity index (χ0n) is 14.8. The Labute approximate surface area is 141 Å². The van der Waals surface area contributed by atoms with Crippen molar-refractivity contribution >= 4 is 26.5 Å². The van der Waals surface area contributed by atoms with Crippen molar-refractivity contribution in [3.05, 3.63) is 23.8 Å². The highest BCUT2D eigenvalue weighted by atomic mass is 32.2. The Bertz CT molecular complexity index is 460. The van der Waals surface area contributed by atoms with Gasteiger partial charge < -0.3 is 14.9 Å². The second-order valence-electron chi connectivity index (χ2n) is 6.91. The Balaban J connectivity index is 2.50. The molecule has 0 saturated carbocycles. The monoisotopic (exact) mass is 341 g/mol. The molecule has 1 atom stereocenters. The van der Waals surface area contributed by atoms with Gasteiger partial charge in [0.1, 0.15) is 0 Å². The highest BCUT2D eigenvalue weighted by molar-refractivity contribution is 7.98. The summed E-state index contributed by atoms with van der Waals surface area (Å²) in [4.78, 5) is 1.11. The fourth-order valence-electron chi connectivity index (χ4n) is 2.30. The number of thioether (sulfide) groups is 1. The first kappa shape index (κ1) is 19.6. The van der Waals surface area contributed by atoms with Crippen LogP contribution in [-0.2, 0) is 15.8 Å². The van der Waals surface area contributed by atoms with Crippen LogP contribution in [0.5, 0.6) is 0 Å². The van der Waals surface area contributed by atoms with Crippen LogP contribution in [0.25, 0.3) is 0 Å². The van der Waals surface area contributed by atoms with E-state index in [0.29, 0.717) is 13.2 Å². The number of benzene rings is 1. The summed E-state index contributed by atoms with van der Waals surface area (Å²) in [6.45, 7) is 12.4. The summed E-state index contributed by atoms with van der Waals surface area (Å²) in [5.74, 6) is 0. The Morgan fingerprint density at radius 2 is 1.95 bits per heavy atom. The summed E-state index contributed by atoms with van der Waals surface area (Å²) < 4.78 is 12.0. The van der Waals surface area contributed by atoms with Crippen molar-refractivity contribution < 1.29 is 9.16 Å². The molecule has 0 radical (unpaired) electrons. The number of nitrogens with two attached hydrogens (primary N) is 1. The van der Waals surface area contributed by atoms with Crippen LogP contribution in [0.15, 0.2) is 23.1 Å². The highest BCUT2D eigenvalue weighted by Gasteiger charge is 2.25. The molecule has 0 heterocycles.